The van der Waals surface area contributed by atoms with Gasteiger partial charge >= 0.3 is 5.97 Å². The van der Waals surface area contributed by atoms with Gasteiger partial charge < -0.3 is 15.6 Å². The molecule has 0 fully saturated rings. The molecular weight excluding hydrogens is 230 g/mol. The maximum atomic E-state index is 11.4. The summed E-state index contributed by atoms with van der Waals surface area (Å²) >= 11 is 0. The van der Waals surface area contributed by atoms with E-state index in [0.717, 1.165) is 17.7 Å². The smallest absolute Gasteiger partial charge is 0.311 e. The highest BCUT2D eigenvalue weighted by molar-refractivity contribution is 5.75. The highest BCUT2D eigenvalue weighted by Gasteiger charge is 2.40. The van der Waals surface area contributed by atoms with Gasteiger partial charge in [0.1, 0.15) is 11.9 Å². The molecule has 0 aromatic heterocycles. The second kappa shape index (κ2) is 4.98. The highest BCUT2D eigenvalue weighted by atomic mass is 16.5. The Bertz CT molecular complexity index is 415. The van der Waals surface area contributed by atoms with E-state index in [2.05, 4.69) is 0 Å². The average Bonchev–Trinajstić information content (AvgIpc) is 2.77. The number of hydrogen-bond donors (Lipinski definition) is 2. The number of para-hydroxylation sites is 1. The van der Waals surface area contributed by atoms with Gasteiger partial charge in [-0.25, -0.2) is 0 Å². The van der Waals surface area contributed by atoms with Crippen LogP contribution in [-0.4, -0.2) is 23.7 Å². The van der Waals surface area contributed by atoms with E-state index in [9.17, 15) is 9.90 Å². The van der Waals surface area contributed by atoms with Gasteiger partial charge in [-0.1, -0.05) is 25.1 Å². The Morgan fingerprint density at radius 2 is 2.28 bits per heavy atom. The minimum absolute atomic E-state index is 0.0815. The fourth-order valence-electron chi connectivity index (χ4n) is 2.50. The third-order valence-electron chi connectivity index (χ3n) is 3.85. The minimum atomic E-state index is -0.868. The second-order valence-corrected chi connectivity index (χ2v) is 4.90. The van der Waals surface area contributed by atoms with Gasteiger partial charge in [0, 0.05) is 19.4 Å². The molecule has 3 N–H and O–H groups in total. The molecule has 0 aliphatic carbocycles. The summed E-state index contributed by atoms with van der Waals surface area (Å²) in [6.45, 7) is 2.01. The van der Waals surface area contributed by atoms with Crippen molar-refractivity contribution in [3.8, 4) is 5.75 Å². The lowest BCUT2D eigenvalue weighted by molar-refractivity contribution is -0.150. The normalized spacial score (nSPS) is 20.9. The number of ether oxygens (including phenoxy) is 1. The molecule has 0 radical (unpaired) electrons. The van der Waals surface area contributed by atoms with Crippen molar-refractivity contribution < 1.29 is 14.6 Å². The van der Waals surface area contributed by atoms with Crippen molar-refractivity contribution >= 4 is 5.97 Å². The van der Waals surface area contributed by atoms with Crippen LogP contribution in [0.1, 0.15) is 25.3 Å². The monoisotopic (exact) mass is 249 g/mol. The van der Waals surface area contributed by atoms with Crippen LogP contribution in [0.2, 0.25) is 0 Å². The number of benzene rings is 1. The number of carboxylic acid groups (broad SMARTS) is 1. The number of hydrogen-bond acceptors (Lipinski definition) is 3. The maximum Gasteiger partial charge on any atom is 0.311 e. The Hall–Kier alpha value is -1.55. The van der Waals surface area contributed by atoms with Crippen molar-refractivity contribution in [1.29, 1.82) is 0 Å². The number of carbonyl (C=O) groups is 1. The molecule has 98 valence electrons. The lowest BCUT2D eigenvalue weighted by Crippen LogP contribution is -2.41. The van der Waals surface area contributed by atoms with Gasteiger partial charge in [-0.15, -0.1) is 0 Å². The van der Waals surface area contributed by atoms with E-state index in [4.69, 9.17) is 10.5 Å². The first kappa shape index (κ1) is 12.9. The SMILES string of the molecule is CCC(CN)(CC1Cc2ccccc2O1)C(=O)O. The topological polar surface area (TPSA) is 72.5 Å². The van der Waals surface area contributed by atoms with Crippen LogP contribution in [0.15, 0.2) is 24.3 Å². The molecule has 2 atom stereocenters. The van der Waals surface area contributed by atoms with Crippen molar-refractivity contribution in [2.24, 2.45) is 11.1 Å². The van der Waals surface area contributed by atoms with Gasteiger partial charge in [-0.3, -0.25) is 4.79 Å². The lowest BCUT2D eigenvalue weighted by atomic mass is 9.79. The van der Waals surface area contributed by atoms with Gasteiger partial charge in [0.05, 0.1) is 5.41 Å². The fraction of sp³-hybridized carbons (Fsp3) is 0.500. The molecule has 18 heavy (non-hydrogen) atoms. The van der Waals surface area contributed by atoms with Crippen LogP contribution >= 0.6 is 0 Å². The molecule has 0 amide bonds. The number of nitrogens with two attached hydrogens (primary N) is 1. The zero-order chi connectivity index (χ0) is 13.2. The zero-order valence-electron chi connectivity index (χ0n) is 10.6. The highest BCUT2D eigenvalue weighted by Crippen LogP contribution is 2.35. The largest absolute Gasteiger partial charge is 0.490 e. The molecule has 4 heteroatoms. The average molecular weight is 249 g/mol. The summed E-state index contributed by atoms with van der Waals surface area (Å²) < 4.78 is 5.80. The van der Waals surface area contributed by atoms with E-state index >= 15 is 0 Å². The molecule has 0 saturated heterocycles. The Labute approximate surface area is 107 Å². The number of rotatable bonds is 5. The van der Waals surface area contributed by atoms with Crippen LogP contribution < -0.4 is 10.5 Å². The van der Waals surface area contributed by atoms with Crippen LogP contribution in [0.4, 0.5) is 0 Å². The van der Waals surface area contributed by atoms with E-state index in [0.29, 0.717) is 12.8 Å². The Morgan fingerprint density at radius 3 is 2.83 bits per heavy atom. The summed E-state index contributed by atoms with van der Waals surface area (Å²) in [5.41, 5.74) is 5.95. The van der Waals surface area contributed by atoms with Gasteiger partial charge in [0.25, 0.3) is 0 Å². The molecule has 1 aliphatic rings. The third kappa shape index (κ3) is 2.20. The summed E-state index contributed by atoms with van der Waals surface area (Å²) in [5.74, 6) is 0.0435. The maximum absolute atomic E-state index is 11.4. The molecule has 1 aromatic carbocycles. The van der Waals surface area contributed by atoms with Crippen molar-refractivity contribution in [3.63, 3.8) is 0 Å². The summed E-state index contributed by atoms with van der Waals surface area (Å²) in [5, 5.41) is 9.37. The molecule has 0 bridgehead atoms. The molecule has 0 spiro atoms. The van der Waals surface area contributed by atoms with E-state index in [-0.39, 0.29) is 12.6 Å². The second-order valence-electron chi connectivity index (χ2n) is 4.90. The first-order valence-electron chi connectivity index (χ1n) is 6.29. The number of carboxylic acids is 1. The van der Waals surface area contributed by atoms with Crippen LogP contribution in [0.3, 0.4) is 0 Å². The summed E-state index contributed by atoms with van der Waals surface area (Å²) in [6.07, 6.45) is 1.67. The molecule has 1 heterocycles. The van der Waals surface area contributed by atoms with E-state index < -0.39 is 11.4 Å². The Morgan fingerprint density at radius 1 is 1.56 bits per heavy atom. The molecule has 0 saturated carbocycles. The van der Waals surface area contributed by atoms with E-state index in [1.807, 2.05) is 31.2 Å². The van der Waals surface area contributed by atoms with Crippen LogP contribution in [0, 0.1) is 5.41 Å². The molecular formula is C14H19NO3. The first-order valence-corrected chi connectivity index (χ1v) is 6.29. The molecule has 1 aliphatic heterocycles. The van der Waals surface area contributed by atoms with Crippen molar-refractivity contribution in [2.45, 2.75) is 32.3 Å². The first-order chi connectivity index (χ1) is 8.61. The third-order valence-corrected chi connectivity index (χ3v) is 3.85. The van der Waals surface area contributed by atoms with E-state index in [1.54, 1.807) is 0 Å². The predicted octanol–water partition coefficient (Wildman–Crippen LogP) is 1.82. The summed E-state index contributed by atoms with van der Waals surface area (Å²) in [4.78, 5) is 11.4. The molecule has 2 unspecified atom stereocenters. The Kier molecular flexibility index (Phi) is 3.57. The van der Waals surface area contributed by atoms with Gasteiger partial charge in [0.2, 0.25) is 0 Å². The van der Waals surface area contributed by atoms with Gasteiger partial charge in [-0.2, -0.15) is 0 Å². The lowest BCUT2D eigenvalue weighted by Gasteiger charge is -2.28. The van der Waals surface area contributed by atoms with Crippen molar-refractivity contribution in [2.75, 3.05) is 6.54 Å². The molecule has 1 aromatic rings. The molecule has 4 nitrogen and oxygen atoms in total. The van der Waals surface area contributed by atoms with E-state index in [1.165, 1.54) is 0 Å². The quantitative estimate of drug-likeness (QED) is 0.835. The van der Waals surface area contributed by atoms with Crippen LogP contribution in [-0.2, 0) is 11.2 Å². The van der Waals surface area contributed by atoms with Gasteiger partial charge in [0.15, 0.2) is 0 Å². The Balaban J connectivity index is 2.10. The predicted molar refractivity (Wildman–Crippen MR) is 68.6 cm³/mol. The van der Waals surface area contributed by atoms with Crippen molar-refractivity contribution in [1.82, 2.24) is 0 Å². The van der Waals surface area contributed by atoms with Crippen LogP contribution in [0.5, 0.6) is 5.75 Å². The number of aliphatic carboxylic acids is 1. The summed E-state index contributed by atoms with van der Waals surface area (Å²) in [7, 11) is 0. The number of fused-ring (bicyclic) bond motifs is 1. The minimum Gasteiger partial charge on any atom is -0.490 e. The molecule has 2 rings (SSSR count). The standard InChI is InChI=1S/C14H19NO3/c1-2-14(9-15,13(16)17)8-11-7-10-5-3-4-6-12(10)18-11/h3-6,11H,2,7-9,15H2,1H3,(H,16,17). The summed E-state index contributed by atoms with van der Waals surface area (Å²) in [6, 6.07) is 7.84. The zero-order valence-corrected chi connectivity index (χ0v) is 10.6. The van der Waals surface area contributed by atoms with Crippen molar-refractivity contribution in [3.05, 3.63) is 29.8 Å². The van der Waals surface area contributed by atoms with Crippen LogP contribution in [0.25, 0.3) is 0 Å². The fourth-order valence-corrected chi connectivity index (χ4v) is 2.50. The van der Waals surface area contributed by atoms with Gasteiger partial charge in [-0.05, 0) is 18.1 Å².